The highest BCUT2D eigenvalue weighted by atomic mass is 16.1. The van der Waals surface area contributed by atoms with Crippen molar-refractivity contribution in [3.05, 3.63) is 29.8 Å². The monoisotopic (exact) mass is 232 g/mol. The normalized spacial score (nSPS) is 22.4. The molecular formula is C14H20N2O. The molecule has 0 saturated heterocycles. The molecule has 2 rings (SSSR count). The SMILES string of the molecule is CC(C)Nc1ccccc1C(=O)NC1CC1C. The zero-order valence-corrected chi connectivity index (χ0v) is 10.7. The second kappa shape index (κ2) is 4.78. The van der Waals surface area contributed by atoms with Gasteiger partial charge in [-0.25, -0.2) is 0 Å². The van der Waals surface area contributed by atoms with Crippen molar-refractivity contribution in [2.45, 2.75) is 39.3 Å². The summed E-state index contributed by atoms with van der Waals surface area (Å²) < 4.78 is 0. The van der Waals surface area contributed by atoms with Crippen molar-refractivity contribution >= 4 is 11.6 Å². The lowest BCUT2D eigenvalue weighted by Gasteiger charge is -2.14. The maximum Gasteiger partial charge on any atom is 0.253 e. The lowest BCUT2D eigenvalue weighted by atomic mass is 10.1. The van der Waals surface area contributed by atoms with Gasteiger partial charge in [-0.15, -0.1) is 0 Å². The van der Waals surface area contributed by atoms with Gasteiger partial charge in [-0.1, -0.05) is 19.1 Å². The Morgan fingerprint density at radius 2 is 2.00 bits per heavy atom. The van der Waals surface area contributed by atoms with Crippen LogP contribution in [0.5, 0.6) is 0 Å². The van der Waals surface area contributed by atoms with Gasteiger partial charge in [-0.3, -0.25) is 4.79 Å². The van der Waals surface area contributed by atoms with Gasteiger partial charge in [0.2, 0.25) is 0 Å². The van der Waals surface area contributed by atoms with E-state index in [1.165, 1.54) is 0 Å². The predicted octanol–water partition coefficient (Wildman–Crippen LogP) is 2.65. The van der Waals surface area contributed by atoms with Crippen LogP contribution in [-0.2, 0) is 0 Å². The average molecular weight is 232 g/mol. The van der Waals surface area contributed by atoms with E-state index in [0.717, 1.165) is 17.7 Å². The summed E-state index contributed by atoms with van der Waals surface area (Å²) in [4.78, 5) is 12.1. The summed E-state index contributed by atoms with van der Waals surface area (Å²) in [5.74, 6) is 0.660. The van der Waals surface area contributed by atoms with Crippen LogP contribution >= 0.6 is 0 Å². The van der Waals surface area contributed by atoms with Crippen LogP contribution in [0.25, 0.3) is 0 Å². The minimum atomic E-state index is 0.0306. The van der Waals surface area contributed by atoms with Crippen LogP contribution < -0.4 is 10.6 Å². The minimum Gasteiger partial charge on any atom is -0.382 e. The van der Waals surface area contributed by atoms with E-state index < -0.39 is 0 Å². The molecule has 0 spiro atoms. The summed E-state index contributed by atoms with van der Waals surface area (Å²) in [6.07, 6.45) is 1.10. The van der Waals surface area contributed by atoms with E-state index in [-0.39, 0.29) is 5.91 Å². The quantitative estimate of drug-likeness (QED) is 0.838. The van der Waals surface area contributed by atoms with Crippen molar-refractivity contribution in [1.29, 1.82) is 0 Å². The van der Waals surface area contributed by atoms with Crippen LogP contribution in [-0.4, -0.2) is 18.0 Å². The molecule has 0 radical (unpaired) electrons. The first-order valence-electron chi connectivity index (χ1n) is 6.24. The largest absolute Gasteiger partial charge is 0.382 e. The summed E-state index contributed by atoms with van der Waals surface area (Å²) in [7, 11) is 0. The third-order valence-corrected chi connectivity index (χ3v) is 3.04. The van der Waals surface area contributed by atoms with E-state index >= 15 is 0 Å². The summed E-state index contributed by atoms with van der Waals surface area (Å²) in [5, 5.41) is 6.35. The molecule has 1 aliphatic carbocycles. The number of para-hydroxylation sites is 1. The molecule has 17 heavy (non-hydrogen) atoms. The van der Waals surface area contributed by atoms with Crippen LogP contribution in [0.3, 0.4) is 0 Å². The van der Waals surface area contributed by atoms with Crippen molar-refractivity contribution in [3.8, 4) is 0 Å². The van der Waals surface area contributed by atoms with E-state index in [4.69, 9.17) is 0 Å². The minimum absolute atomic E-state index is 0.0306. The van der Waals surface area contributed by atoms with Crippen LogP contribution in [0.1, 0.15) is 37.6 Å². The van der Waals surface area contributed by atoms with Gasteiger partial charge < -0.3 is 10.6 Å². The van der Waals surface area contributed by atoms with Crippen molar-refractivity contribution in [3.63, 3.8) is 0 Å². The molecule has 3 nitrogen and oxygen atoms in total. The predicted molar refractivity (Wildman–Crippen MR) is 70.2 cm³/mol. The van der Waals surface area contributed by atoms with Gasteiger partial charge >= 0.3 is 0 Å². The third-order valence-electron chi connectivity index (χ3n) is 3.04. The summed E-state index contributed by atoms with van der Waals surface area (Å²) in [6.45, 7) is 6.29. The topological polar surface area (TPSA) is 41.1 Å². The highest BCUT2D eigenvalue weighted by Gasteiger charge is 2.34. The Morgan fingerprint density at radius 1 is 1.35 bits per heavy atom. The van der Waals surface area contributed by atoms with Crippen LogP contribution in [0.2, 0.25) is 0 Å². The highest BCUT2D eigenvalue weighted by molar-refractivity contribution is 5.99. The second-order valence-corrected chi connectivity index (χ2v) is 5.14. The molecule has 2 N–H and O–H groups in total. The summed E-state index contributed by atoms with van der Waals surface area (Å²) in [5.41, 5.74) is 1.65. The van der Waals surface area contributed by atoms with Gasteiger partial charge in [0.15, 0.2) is 0 Å². The van der Waals surface area contributed by atoms with Crippen molar-refractivity contribution < 1.29 is 4.79 Å². The number of benzene rings is 1. The van der Waals surface area contributed by atoms with E-state index in [2.05, 4.69) is 31.4 Å². The van der Waals surface area contributed by atoms with Crippen LogP contribution in [0.4, 0.5) is 5.69 Å². The number of nitrogens with one attached hydrogen (secondary N) is 2. The van der Waals surface area contributed by atoms with Gasteiger partial charge in [0, 0.05) is 17.8 Å². The number of hydrogen-bond donors (Lipinski definition) is 2. The van der Waals surface area contributed by atoms with Gasteiger partial charge in [0.1, 0.15) is 0 Å². The van der Waals surface area contributed by atoms with E-state index in [0.29, 0.717) is 18.0 Å². The zero-order chi connectivity index (χ0) is 12.4. The first-order valence-corrected chi connectivity index (χ1v) is 6.24. The molecule has 0 heterocycles. The van der Waals surface area contributed by atoms with Gasteiger partial charge in [-0.05, 0) is 38.3 Å². The Labute approximate surface area is 103 Å². The van der Waals surface area contributed by atoms with E-state index in [9.17, 15) is 4.79 Å². The molecule has 0 aromatic heterocycles. The smallest absolute Gasteiger partial charge is 0.253 e. The molecule has 3 heteroatoms. The Balaban J connectivity index is 2.10. The fraction of sp³-hybridized carbons (Fsp3) is 0.500. The number of carbonyl (C=O) groups is 1. The molecule has 92 valence electrons. The van der Waals surface area contributed by atoms with Crippen molar-refractivity contribution in [1.82, 2.24) is 5.32 Å². The van der Waals surface area contributed by atoms with Gasteiger partial charge in [-0.2, -0.15) is 0 Å². The Bertz CT molecular complexity index is 414. The highest BCUT2D eigenvalue weighted by Crippen LogP contribution is 2.29. The molecule has 2 unspecified atom stereocenters. The summed E-state index contributed by atoms with van der Waals surface area (Å²) >= 11 is 0. The molecule has 1 amide bonds. The van der Waals surface area contributed by atoms with Crippen LogP contribution in [0, 0.1) is 5.92 Å². The first-order chi connectivity index (χ1) is 8.08. The molecule has 1 aromatic carbocycles. The van der Waals surface area contributed by atoms with Crippen LogP contribution in [0.15, 0.2) is 24.3 Å². The molecule has 2 atom stereocenters. The molecule has 0 bridgehead atoms. The molecule has 0 aliphatic heterocycles. The molecule has 1 aliphatic rings. The Hall–Kier alpha value is -1.51. The molecule has 1 fully saturated rings. The maximum absolute atomic E-state index is 12.1. The third kappa shape index (κ3) is 2.99. The lowest BCUT2D eigenvalue weighted by Crippen LogP contribution is -2.27. The van der Waals surface area contributed by atoms with Crippen molar-refractivity contribution in [2.24, 2.45) is 5.92 Å². The lowest BCUT2D eigenvalue weighted by molar-refractivity contribution is 0.0950. The van der Waals surface area contributed by atoms with E-state index in [1.54, 1.807) is 0 Å². The molecule has 1 aromatic rings. The van der Waals surface area contributed by atoms with Gasteiger partial charge in [0.05, 0.1) is 5.56 Å². The van der Waals surface area contributed by atoms with Gasteiger partial charge in [0.25, 0.3) is 5.91 Å². The number of carbonyl (C=O) groups excluding carboxylic acids is 1. The Morgan fingerprint density at radius 3 is 2.59 bits per heavy atom. The zero-order valence-electron chi connectivity index (χ0n) is 10.7. The summed E-state index contributed by atoms with van der Waals surface area (Å²) in [6, 6.07) is 8.36. The maximum atomic E-state index is 12.1. The second-order valence-electron chi connectivity index (χ2n) is 5.14. The number of hydrogen-bond acceptors (Lipinski definition) is 2. The van der Waals surface area contributed by atoms with Crippen molar-refractivity contribution in [2.75, 3.05) is 5.32 Å². The molecule has 1 saturated carbocycles. The standard InChI is InChI=1S/C14H20N2O/c1-9(2)15-12-7-5-4-6-11(12)14(17)16-13-8-10(13)3/h4-7,9-10,13,15H,8H2,1-3H3,(H,16,17). The average Bonchev–Trinajstić information content (AvgIpc) is 2.94. The molecular weight excluding hydrogens is 212 g/mol. The fourth-order valence-electron chi connectivity index (χ4n) is 1.89. The Kier molecular flexibility index (Phi) is 3.36. The fourth-order valence-corrected chi connectivity index (χ4v) is 1.89. The van der Waals surface area contributed by atoms with E-state index in [1.807, 2.05) is 24.3 Å². The number of anilines is 1. The number of amides is 1. The first kappa shape index (κ1) is 12.0. The number of rotatable bonds is 4.